The molecule has 0 aromatic carbocycles. The highest BCUT2D eigenvalue weighted by Crippen LogP contribution is 2.21. The molecule has 4 unspecified atom stereocenters. The molecule has 12 nitrogen and oxygen atoms in total. The van der Waals surface area contributed by atoms with Gasteiger partial charge in [-0.3, -0.25) is 0 Å². The molecule has 0 aliphatic carbocycles. The Morgan fingerprint density at radius 2 is 0.750 bits per heavy atom. The summed E-state index contributed by atoms with van der Waals surface area (Å²) in [5.74, 6) is 0. The third kappa shape index (κ3) is 16.2. The molecule has 8 heterocycles. The van der Waals surface area contributed by atoms with Crippen LogP contribution in [0.3, 0.4) is 0 Å². The molecule has 4 aliphatic heterocycles. The lowest BCUT2D eigenvalue weighted by atomic mass is 10.0. The van der Waals surface area contributed by atoms with Crippen molar-refractivity contribution in [3.63, 3.8) is 0 Å². The van der Waals surface area contributed by atoms with Gasteiger partial charge >= 0.3 is 0 Å². The average molecular weight is 829 g/mol. The number of rotatable bonds is 12. The summed E-state index contributed by atoms with van der Waals surface area (Å²) in [6.07, 6.45) is 37.5. The number of aryl methyl sites for hydroxylation is 8. The van der Waals surface area contributed by atoms with Crippen molar-refractivity contribution in [3.05, 3.63) is 72.9 Å². The molecule has 0 amide bonds. The molecule has 4 aromatic rings. The van der Waals surface area contributed by atoms with E-state index in [-0.39, 0.29) is 0 Å². The molecule has 12 heteroatoms. The van der Waals surface area contributed by atoms with E-state index in [0.717, 1.165) is 61.7 Å². The number of likely N-dealkylation sites (tertiary alicyclic amines) is 4. The number of piperidine rings is 4. The molecule has 4 aliphatic rings. The summed E-state index contributed by atoms with van der Waals surface area (Å²) in [5.41, 5.74) is 4.78. The zero-order chi connectivity index (χ0) is 42.7. The van der Waals surface area contributed by atoms with Gasteiger partial charge in [0.1, 0.15) is 0 Å². The van der Waals surface area contributed by atoms with E-state index in [1.165, 1.54) is 140 Å². The fraction of sp³-hybridized carbons (Fsp3) is 0.750. The predicted octanol–water partition coefficient (Wildman–Crippen LogP) is 8.26. The molecular weight excluding hydrogens is 745 g/mol. The van der Waals surface area contributed by atoms with E-state index in [2.05, 4.69) is 112 Å². The lowest BCUT2D eigenvalue weighted by molar-refractivity contribution is 0.171. The van der Waals surface area contributed by atoms with Gasteiger partial charge in [0.05, 0.1) is 36.7 Å². The SMILES string of the molecule is Cc1cn(CCC2CCCCN2C)cn1.Cc1cn(CCC2CCCCN2C)cn1.Cc1cncn1CCC1CCCCN1C.Cc1cncn1CCC1CCCCN1C. The van der Waals surface area contributed by atoms with Crippen LogP contribution in [-0.2, 0) is 26.2 Å². The minimum Gasteiger partial charge on any atom is -0.337 e. The van der Waals surface area contributed by atoms with Crippen molar-refractivity contribution < 1.29 is 0 Å². The van der Waals surface area contributed by atoms with Gasteiger partial charge in [-0.2, -0.15) is 0 Å². The summed E-state index contributed by atoms with van der Waals surface area (Å²) < 4.78 is 8.92. The van der Waals surface area contributed by atoms with E-state index in [1.807, 2.05) is 51.6 Å². The Hall–Kier alpha value is -3.32. The summed E-state index contributed by atoms with van der Waals surface area (Å²) in [6.45, 7) is 17.9. The third-order valence-electron chi connectivity index (χ3n) is 13.9. The fourth-order valence-corrected chi connectivity index (χ4v) is 9.64. The highest BCUT2D eigenvalue weighted by Gasteiger charge is 2.21. The highest BCUT2D eigenvalue weighted by atomic mass is 15.2. The number of hydrogen-bond donors (Lipinski definition) is 0. The molecule has 0 radical (unpaired) electrons. The number of nitrogens with zero attached hydrogens (tertiary/aromatic N) is 12. The van der Waals surface area contributed by atoms with Crippen molar-refractivity contribution in [2.24, 2.45) is 0 Å². The predicted molar refractivity (Wildman–Crippen MR) is 247 cm³/mol. The van der Waals surface area contributed by atoms with E-state index in [9.17, 15) is 0 Å². The fourth-order valence-electron chi connectivity index (χ4n) is 9.64. The highest BCUT2D eigenvalue weighted by molar-refractivity contribution is 4.96. The maximum atomic E-state index is 4.25. The van der Waals surface area contributed by atoms with Crippen molar-refractivity contribution in [1.82, 2.24) is 57.8 Å². The minimum absolute atomic E-state index is 0.778. The summed E-state index contributed by atoms with van der Waals surface area (Å²) >= 11 is 0. The topological polar surface area (TPSA) is 84.2 Å². The number of imidazole rings is 4. The standard InChI is InChI=1S/4C12H21N3/c2*1-11-9-15(10-13-11)8-6-12-5-3-4-7-14(12)2;2*1-11-9-13-10-15(11)8-6-12-5-3-4-7-14(12)2/h4*9-10,12H,3-8H2,1-2H3. The van der Waals surface area contributed by atoms with Gasteiger partial charge in [-0.05, 0) is 159 Å². The van der Waals surface area contributed by atoms with Gasteiger partial charge in [0, 0.05) is 86.5 Å². The first-order chi connectivity index (χ1) is 29.0. The van der Waals surface area contributed by atoms with E-state index in [0.29, 0.717) is 0 Å². The first kappa shape index (κ1) is 47.7. The molecule has 4 fully saturated rings. The van der Waals surface area contributed by atoms with Crippen LogP contribution in [-0.4, -0.2) is 136 Å². The Kier molecular flexibility index (Phi) is 20.3. The molecular formula is C48H84N12. The molecule has 0 bridgehead atoms. The van der Waals surface area contributed by atoms with E-state index >= 15 is 0 Å². The van der Waals surface area contributed by atoms with Crippen LogP contribution in [0.1, 0.15) is 126 Å². The quantitative estimate of drug-likeness (QED) is 0.141. The molecule has 336 valence electrons. The largest absolute Gasteiger partial charge is 0.337 e. The second-order valence-electron chi connectivity index (χ2n) is 18.6. The second-order valence-corrected chi connectivity index (χ2v) is 18.6. The van der Waals surface area contributed by atoms with Crippen LogP contribution in [0.2, 0.25) is 0 Å². The van der Waals surface area contributed by atoms with Gasteiger partial charge < -0.3 is 37.9 Å². The monoisotopic (exact) mass is 829 g/mol. The van der Waals surface area contributed by atoms with Crippen LogP contribution < -0.4 is 0 Å². The Morgan fingerprint density at radius 3 is 1.00 bits per heavy atom. The lowest BCUT2D eigenvalue weighted by Gasteiger charge is -2.32. The van der Waals surface area contributed by atoms with Crippen LogP contribution >= 0.6 is 0 Å². The average Bonchev–Trinajstić information content (AvgIpc) is 4.07. The molecule has 0 spiro atoms. The summed E-state index contributed by atoms with van der Waals surface area (Å²) in [6, 6.07) is 3.11. The van der Waals surface area contributed by atoms with Crippen LogP contribution in [0.4, 0.5) is 0 Å². The zero-order valence-electron chi connectivity index (χ0n) is 39.3. The molecule has 60 heavy (non-hydrogen) atoms. The zero-order valence-corrected chi connectivity index (χ0v) is 39.3. The molecule has 4 aromatic heterocycles. The van der Waals surface area contributed by atoms with Crippen LogP contribution in [0.5, 0.6) is 0 Å². The van der Waals surface area contributed by atoms with Gasteiger partial charge in [0.15, 0.2) is 0 Å². The lowest BCUT2D eigenvalue weighted by Crippen LogP contribution is -2.36. The smallest absolute Gasteiger partial charge is 0.0949 e. The molecule has 8 rings (SSSR count). The maximum Gasteiger partial charge on any atom is 0.0949 e. The van der Waals surface area contributed by atoms with Gasteiger partial charge in [-0.25, -0.2) is 19.9 Å². The molecule has 0 N–H and O–H groups in total. The number of aromatic nitrogens is 8. The Morgan fingerprint density at radius 1 is 0.433 bits per heavy atom. The molecule has 0 saturated carbocycles. The second kappa shape index (κ2) is 25.6. The van der Waals surface area contributed by atoms with Crippen molar-refractivity contribution in [1.29, 1.82) is 0 Å². The Balaban J connectivity index is 0.000000152. The van der Waals surface area contributed by atoms with Crippen molar-refractivity contribution >= 4 is 0 Å². The number of hydrogen-bond acceptors (Lipinski definition) is 8. The van der Waals surface area contributed by atoms with Gasteiger partial charge in [-0.1, -0.05) is 25.7 Å². The van der Waals surface area contributed by atoms with Crippen molar-refractivity contribution in [2.75, 3.05) is 54.4 Å². The van der Waals surface area contributed by atoms with Crippen LogP contribution in [0.15, 0.2) is 50.1 Å². The third-order valence-corrected chi connectivity index (χ3v) is 13.9. The summed E-state index contributed by atoms with van der Waals surface area (Å²) in [7, 11) is 9.02. The van der Waals surface area contributed by atoms with E-state index < -0.39 is 0 Å². The minimum atomic E-state index is 0.778. The van der Waals surface area contributed by atoms with E-state index in [4.69, 9.17) is 0 Å². The molecule has 4 saturated heterocycles. The molecule has 4 atom stereocenters. The first-order valence-corrected chi connectivity index (χ1v) is 23.8. The van der Waals surface area contributed by atoms with E-state index in [1.54, 1.807) is 0 Å². The summed E-state index contributed by atoms with van der Waals surface area (Å²) in [5, 5.41) is 0. The van der Waals surface area contributed by atoms with Crippen LogP contribution in [0, 0.1) is 27.7 Å². The van der Waals surface area contributed by atoms with Gasteiger partial charge in [-0.15, -0.1) is 0 Å². The van der Waals surface area contributed by atoms with Crippen molar-refractivity contribution in [2.45, 2.75) is 181 Å². The van der Waals surface area contributed by atoms with Crippen LogP contribution in [0.25, 0.3) is 0 Å². The normalized spacial score (nSPS) is 23.2. The first-order valence-electron chi connectivity index (χ1n) is 23.8. The van der Waals surface area contributed by atoms with Gasteiger partial charge in [0.25, 0.3) is 0 Å². The Bertz CT molecular complexity index is 1600. The van der Waals surface area contributed by atoms with Crippen molar-refractivity contribution in [3.8, 4) is 0 Å². The summed E-state index contributed by atoms with van der Waals surface area (Å²) in [4.78, 5) is 26.8. The Labute approximate surface area is 364 Å². The van der Waals surface area contributed by atoms with Gasteiger partial charge in [0.2, 0.25) is 0 Å². The maximum absolute atomic E-state index is 4.25.